The van der Waals surface area contributed by atoms with E-state index >= 15 is 0 Å². The number of aromatic nitrogens is 3. The third kappa shape index (κ3) is 8.01. The second-order valence-electron chi connectivity index (χ2n) is 23.8. The predicted octanol–water partition coefficient (Wildman–Crippen LogP) is 14.6. The quantitative estimate of drug-likeness (QED) is 0.200. The van der Waals surface area contributed by atoms with Crippen molar-refractivity contribution in [1.82, 2.24) is 15.0 Å². The van der Waals surface area contributed by atoms with Crippen LogP contribution in [0.15, 0.2) is 174 Å². The van der Waals surface area contributed by atoms with Crippen molar-refractivity contribution in [1.29, 1.82) is 0 Å². The number of hydrogen-bond acceptors (Lipinski definition) is 5. The first-order chi connectivity index (χ1) is 31.2. The lowest BCUT2D eigenvalue weighted by Gasteiger charge is -2.34. The molecule has 6 aliphatic rings. The molecule has 0 radical (unpaired) electrons. The maximum atomic E-state index is 5.36. The Morgan fingerprint density at radius 2 is 0.636 bits per heavy atom. The van der Waals surface area contributed by atoms with Crippen LogP contribution in [0.3, 0.4) is 0 Å². The van der Waals surface area contributed by atoms with Crippen molar-refractivity contribution in [3.63, 3.8) is 0 Å². The summed E-state index contributed by atoms with van der Waals surface area (Å²) in [4.78, 5) is 21.1. The highest BCUT2D eigenvalue weighted by atomic mass is 15.2. The van der Waals surface area contributed by atoms with Crippen LogP contribution in [0.4, 0.5) is 11.4 Å². The third-order valence-corrected chi connectivity index (χ3v) is 15.1. The molecule has 0 spiro atoms. The molecule has 2 saturated heterocycles. The van der Waals surface area contributed by atoms with Crippen molar-refractivity contribution in [2.24, 2.45) is 45.3 Å². The molecule has 4 aromatic rings. The molecule has 5 nitrogen and oxygen atoms in total. The SMILES string of the molecule is CC(C)(C)C1=CC2C3C=C(C(C)(C)C)C=CC3N(c3cccc(-c4nc(-c5ccccc5)nc(-c5cccc(N6C7C=CC(C(C)(C)C)=CC7C7C=C(C(C)(C)C)C=CC76)c5)n4)c3)C2C=C1. The first-order valence-electron chi connectivity index (χ1n) is 24.4. The van der Waals surface area contributed by atoms with Crippen LogP contribution in [-0.2, 0) is 0 Å². The molecule has 8 unspecified atom stereocenters. The zero-order valence-corrected chi connectivity index (χ0v) is 41.3. The lowest BCUT2D eigenvalue weighted by atomic mass is 9.73. The zero-order valence-electron chi connectivity index (χ0n) is 41.3. The van der Waals surface area contributed by atoms with Gasteiger partial charge in [0.05, 0.1) is 24.2 Å². The summed E-state index contributed by atoms with van der Waals surface area (Å²) in [5, 5.41) is 0. The third-order valence-electron chi connectivity index (χ3n) is 15.1. The van der Waals surface area contributed by atoms with Crippen molar-refractivity contribution in [2.75, 3.05) is 9.80 Å². The zero-order chi connectivity index (χ0) is 46.5. The molecule has 0 saturated carbocycles. The highest BCUT2D eigenvalue weighted by Gasteiger charge is 2.49. The Kier molecular flexibility index (Phi) is 10.6. The molecule has 66 heavy (non-hydrogen) atoms. The molecule has 5 heteroatoms. The minimum Gasteiger partial charge on any atom is -0.357 e. The minimum atomic E-state index is 0.0813. The van der Waals surface area contributed by atoms with Crippen LogP contribution in [0.2, 0.25) is 0 Å². The smallest absolute Gasteiger partial charge is 0.164 e. The van der Waals surface area contributed by atoms with E-state index in [4.69, 9.17) is 15.0 Å². The number of anilines is 2. The fraction of sp³-hybridized carbons (Fsp3) is 0.393. The van der Waals surface area contributed by atoms with Crippen LogP contribution in [0, 0.1) is 45.3 Å². The molecule has 10 rings (SSSR count). The molecular formula is C61H69N5. The summed E-state index contributed by atoms with van der Waals surface area (Å²) in [6, 6.07) is 29.1. The molecule has 0 bridgehead atoms. The van der Waals surface area contributed by atoms with Gasteiger partial charge in [-0.3, -0.25) is 0 Å². The highest BCUT2D eigenvalue weighted by molar-refractivity contribution is 5.72. The largest absolute Gasteiger partial charge is 0.357 e. The van der Waals surface area contributed by atoms with Gasteiger partial charge >= 0.3 is 0 Å². The van der Waals surface area contributed by atoms with Gasteiger partial charge in [0, 0.05) is 51.7 Å². The van der Waals surface area contributed by atoms with Crippen molar-refractivity contribution < 1.29 is 0 Å². The molecule has 8 atom stereocenters. The maximum Gasteiger partial charge on any atom is 0.164 e. The summed E-state index contributed by atoms with van der Waals surface area (Å²) in [6.45, 7) is 28.0. The number of fused-ring (bicyclic) bond motifs is 6. The van der Waals surface area contributed by atoms with Gasteiger partial charge in [-0.05, 0) is 68.2 Å². The Morgan fingerprint density at radius 1 is 0.348 bits per heavy atom. The van der Waals surface area contributed by atoms with Crippen LogP contribution in [0.1, 0.15) is 83.1 Å². The van der Waals surface area contributed by atoms with Gasteiger partial charge in [-0.2, -0.15) is 0 Å². The first kappa shape index (κ1) is 44.0. The number of nitrogens with zero attached hydrogens (tertiary/aromatic N) is 5. The van der Waals surface area contributed by atoms with E-state index in [2.05, 4.69) is 239 Å². The Bertz CT molecular complexity index is 2530. The van der Waals surface area contributed by atoms with Gasteiger partial charge in [0.25, 0.3) is 0 Å². The van der Waals surface area contributed by atoms with Crippen molar-refractivity contribution in [3.8, 4) is 34.2 Å². The fourth-order valence-corrected chi connectivity index (χ4v) is 11.3. The van der Waals surface area contributed by atoms with E-state index in [-0.39, 0.29) is 45.8 Å². The van der Waals surface area contributed by atoms with E-state index in [1.54, 1.807) is 0 Å². The molecule has 2 fully saturated rings. The van der Waals surface area contributed by atoms with Crippen LogP contribution in [0.5, 0.6) is 0 Å². The average molecular weight is 872 g/mol. The van der Waals surface area contributed by atoms with Gasteiger partial charge in [-0.1, -0.05) is 211 Å². The van der Waals surface area contributed by atoms with Gasteiger partial charge in [0.1, 0.15) is 0 Å². The van der Waals surface area contributed by atoms with Crippen molar-refractivity contribution >= 4 is 11.4 Å². The first-order valence-corrected chi connectivity index (χ1v) is 24.4. The predicted molar refractivity (Wildman–Crippen MR) is 277 cm³/mol. The highest BCUT2D eigenvalue weighted by Crippen LogP contribution is 2.51. The summed E-state index contributed by atoms with van der Waals surface area (Å²) in [7, 11) is 0. The minimum absolute atomic E-state index is 0.0813. The number of allylic oxidation sites excluding steroid dienone is 8. The second-order valence-corrected chi connectivity index (χ2v) is 23.8. The normalized spacial score (nSPS) is 26.8. The van der Waals surface area contributed by atoms with Crippen LogP contribution in [0.25, 0.3) is 34.2 Å². The number of hydrogen-bond donors (Lipinski definition) is 0. The fourth-order valence-electron chi connectivity index (χ4n) is 11.3. The van der Waals surface area contributed by atoms with Crippen molar-refractivity contribution in [2.45, 2.75) is 107 Å². The number of rotatable bonds is 5. The molecular weight excluding hydrogens is 803 g/mol. The average Bonchev–Trinajstić information content (AvgIpc) is 3.79. The molecule has 1 aromatic heterocycles. The van der Waals surface area contributed by atoms with E-state index in [1.807, 2.05) is 6.07 Å². The van der Waals surface area contributed by atoms with E-state index < -0.39 is 0 Å². The molecule has 3 aromatic carbocycles. The molecule has 338 valence electrons. The van der Waals surface area contributed by atoms with Crippen LogP contribution < -0.4 is 9.80 Å². The van der Waals surface area contributed by atoms with Gasteiger partial charge in [0.15, 0.2) is 17.5 Å². The summed E-state index contributed by atoms with van der Waals surface area (Å²) in [5.41, 5.74) is 11.3. The monoisotopic (exact) mass is 872 g/mol. The molecule has 4 aliphatic carbocycles. The van der Waals surface area contributed by atoms with Gasteiger partial charge in [0.2, 0.25) is 0 Å². The standard InChI is InChI=1S/C61H69N5/c1-58(2,3)41-24-28-51-47(34-41)48-35-42(59(4,5)6)25-29-52(48)65(51)45-22-16-20-39(32-45)56-62-55(38-18-14-13-15-19-38)63-57(64-56)40-21-17-23-46(33-40)66-53-30-26-43(60(7,8)9)36-49(53)50-37-44(61(10,11)12)27-31-54(50)66/h13-37,47-54H,1-12H3. The maximum absolute atomic E-state index is 5.36. The Morgan fingerprint density at radius 3 is 0.939 bits per heavy atom. The van der Waals surface area contributed by atoms with E-state index in [0.29, 0.717) is 41.1 Å². The lowest BCUT2D eigenvalue weighted by Crippen LogP contribution is -2.37. The van der Waals surface area contributed by atoms with Gasteiger partial charge < -0.3 is 9.80 Å². The summed E-state index contributed by atoms with van der Waals surface area (Å²) in [5.74, 6) is 3.48. The van der Waals surface area contributed by atoms with Gasteiger partial charge in [-0.15, -0.1) is 0 Å². The Hall–Kier alpha value is -5.81. The summed E-state index contributed by atoms with van der Waals surface area (Å²) < 4.78 is 0. The summed E-state index contributed by atoms with van der Waals surface area (Å²) in [6.07, 6.45) is 29.7. The lowest BCUT2D eigenvalue weighted by molar-refractivity contribution is 0.459. The van der Waals surface area contributed by atoms with E-state index in [1.165, 1.54) is 33.7 Å². The molecule has 2 aliphatic heterocycles. The Balaban J connectivity index is 1.04. The molecule has 0 amide bonds. The summed E-state index contributed by atoms with van der Waals surface area (Å²) >= 11 is 0. The van der Waals surface area contributed by atoms with Gasteiger partial charge in [-0.25, -0.2) is 15.0 Å². The van der Waals surface area contributed by atoms with E-state index in [9.17, 15) is 0 Å². The molecule has 0 N–H and O–H groups in total. The van der Waals surface area contributed by atoms with Crippen molar-refractivity contribution in [3.05, 3.63) is 174 Å². The van der Waals surface area contributed by atoms with Crippen LogP contribution >= 0.6 is 0 Å². The van der Waals surface area contributed by atoms with E-state index in [0.717, 1.165) is 16.7 Å². The second kappa shape index (κ2) is 15.9. The Labute approximate surface area is 395 Å². The number of benzene rings is 3. The van der Waals surface area contributed by atoms with Crippen LogP contribution in [-0.4, -0.2) is 39.1 Å². The molecule has 3 heterocycles. The topological polar surface area (TPSA) is 45.2 Å².